The van der Waals surface area contributed by atoms with Gasteiger partial charge in [0, 0.05) is 30.8 Å². The number of nitrogens with two attached hydrogens (primary N) is 1. The number of rotatable bonds is 7. The van der Waals surface area contributed by atoms with Gasteiger partial charge in [-0.05, 0) is 49.2 Å². The van der Waals surface area contributed by atoms with Crippen LogP contribution in [0.15, 0.2) is 61.4 Å². The van der Waals surface area contributed by atoms with Crippen molar-refractivity contribution in [1.29, 1.82) is 0 Å². The number of nitrogens with one attached hydrogen (secondary N) is 1. The lowest BCUT2D eigenvalue weighted by Crippen LogP contribution is -2.40. The first-order chi connectivity index (χ1) is 18.9. The van der Waals surface area contributed by atoms with Gasteiger partial charge in [-0.1, -0.05) is 18.7 Å². The summed E-state index contributed by atoms with van der Waals surface area (Å²) in [6.45, 7) is 4.64. The lowest BCUT2D eigenvalue weighted by atomic mass is 10.0. The van der Waals surface area contributed by atoms with Gasteiger partial charge in [-0.2, -0.15) is 5.10 Å². The molecule has 11 heteroatoms. The van der Waals surface area contributed by atoms with E-state index in [1.807, 2.05) is 0 Å². The van der Waals surface area contributed by atoms with E-state index < -0.39 is 5.82 Å². The second-order valence-electron chi connectivity index (χ2n) is 9.22. The minimum absolute atomic E-state index is 0.0531. The molecule has 0 bridgehead atoms. The maximum atomic E-state index is 14.8. The summed E-state index contributed by atoms with van der Waals surface area (Å²) in [5, 5.41) is 8.14. The number of ether oxygens (including phenoxy) is 1. The van der Waals surface area contributed by atoms with Gasteiger partial charge < -0.3 is 20.7 Å². The van der Waals surface area contributed by atoms with Gasteiger partial charge >= 0.3 is 0 Å². The van der Waals surface area contributed by atoms with Crippen molar-refractivity contribution in [3.8, 4) is 17.0 Å². The third-order valence-corrected chi connectivity index (χ3v) is 6.86. The maximum absolute atomic E-state index is 14.8. The van der Waals surface area contributed by atoms with E-state index in [2.05, 4.69) is 21.9 Å². The molecule has 5 rings (SSSR count). The number of likely N-dealkylation sites (tertiary alicyclic amines) is 1. The van der Waals surface area contributed by atoms with Gasteiger partial charge in [0.15, 0.2) is 5.65 Å². The van der Waals surface area contributed by atoms with Gasteiger partial charge in [-0.15, -0.1) is 0 Å². The van der Waals surface area contributed by atoms with Crippen molar-refractivity contribution in [2.24, 2.45) is 0 Å². The molecule has 0 spiro atoms. The number of aromatic nitrogens is 4. The number of fused-ring (bicyclic) bond motifs is 1. The number of halogens is 1. The highest BCUT2D eigenvalue weighted by Crippen LogP contribution is 2.34. The van der Waals surface area contributed by atoms with E-state index in [0.29, 0.717) is 46.7 Å². The molecule has 1 aliphatic rings. The lowest BCUT2D eigenvalue weighted by Gasteiger charge is -2.32. The summed E-state index contributed by atoms with van der Waals surface area (Å²) in [6, 6.07) is 11.2. The van der Waals surface area contributed by atoms with Crippen LogP contribution in [-0.2, 0) is 11.3 Å². The second kappa shape index (κ2) is 10.9. The Kier molecular flexibility index (Phi) is 7.22. The van der Waals surface area contributed by atoms with Crippen LogP contribution in [0.5, 0.6) is 5.75 Å². The highest BCUT2D eigenvalue weighted by Gasteiger charge is 2.28. The van der Waals surface area contributed by atoms with E-state index in [4.69, 9.17) is 15.6 Å². The third kappa shape index (κ3) is 5.02. The van der Waals surface area contributed by atoms with Crippen LogP contribution in [0.25, 0.3) is 22.3 Å². The first-order valence-electron chi connectivity index (χ1n) is 12.5. The van der Waals surface area contributed by atoms with Crippen molar-refractivity contribution in [3.05, 3.63) is 78.4 Å². The normalized spacial score (nSPS) is 15.2. The minimum Gasteiger partial charge on any atom is -0.496 e. The van der Waals surface area contributed by atoms with Gasteiger partial charge in [0.05, 0.1) is 24.1 Å². The third-order valence-electron chi connectivity index (χ3n) is 6.86. The molecule has 2 aromatic carbocycles. The average molecular weight is 530 g/mol. The Morgan fingerprint density at radius 2 is 2.08 bits per heavy atom. The van der Waals surface area contributed by atoms with Crippen molar-refractivity contribution in [3.63, 3.8) is 0 Å². The number of amides is 2. The second-order valence-corrected chi connectivity index (χ2v) is 9.22. The molecule has 2 aromatic heterocycles. The standard InChI is InChI=1S/C28H28FN7O3/c1-3-23(37)35-12-6-7-19(15-35)36-27-24(26(30)32-16-33-27)25(34-36)17-10-11-21(29)18(13-17)14-31-28(38)20-8-4-5-9-22(20)39-2/h3-5,8-11,13,16,19H,1,6-7,12,14-15H2,2H3,(H,31,38)(H2,30,32,33)/t19-/m1/s1. The number of nitrogen functional groups attached to an aromatic ring is 1. The number of anilines is 1. The van der Waals surface area contributed by atoms with Crippen LogP contribution in [0.1, 0.15) is 34.8 Å². The highest BCUT2D eigenvalue weighted by atomic mass is 19.1. The molecule has 4 aromatic rings. The Balaban J connectivity index is 1.47. The summed E-state index contributed by atoms with van der Waals surface area (Å²) in [5.41, 5.74) is 8.51. The maximum Gasteiger partial charge on any atom is 0.255 e. The van der Waals surface area contributed by atoms with Gasteiger partial charge in [-0.3, -0.25) is 9.59 Å². The molecule has 10 nitrogen and oxygen atoms in total. The smallest absolute Gasteiger partial charge is 0.255 e. The van der Waals surface area contributed by atoms with Crippen molar-refractivity contribution in [1.82, 2.24) is 30.0 Å². The number of carbonyl (C=O) groups is 2. The number of para-hydroxylation sites is 1. The Morgan fingerprint density at radius 3 is 2.87 bits per heavy atom. The number of hydrogen-bond donors (Lipinski definition) is 2. The first kappa shape index (κ1) is 25.8. The van der Waals surface area contributed by atoms with Crippen molar-refractivity contribution in [2.45, 2.75) is 25.4 Å². The lowest BCUT2D eigenvalue weighted by molar-refractivity contribution is -0.127. The molecular formula is C28H28FN7O3. The largest absolute Gasteiger partial charge is 0.496 e. The predicted octanol–water partition coefficient (Wildman–Crippen LogP) is 3.50. The van der Waals surface area contributed by atoms with Crippen molar-refractivity contribution >= 4 is 28.7 Å². The zero-order valence-electron chi connectivity index (χ0n) is 21.4. The fourth-order valence-electron chi connectivity index (χ4n) is 4.90. The molecule has 1 saturated heterocycles. The van der Waals surface area contributed by atoms with E-state index in [1.165, 1.54) is 25.6 Å². The molecule has 0 unspecified atom stereocenters. The van der Waals surface area contributed by atoms with Crippen LogP contribution in [0, 0.1) is 5.82 Å². The Morgan fingerprint density at radius 1 is 1.26 bits per heavy atom. The zero-order valence-corrected chi connectivity index (χ0v) is 21.4. The Bertz CT molecular complexity index is 1570. The fraction of sp³-hybridized carbons (Fsp3) is 0.250. The topological polar surface area (TPSA) is 128 Å². The molecule has 0 radical (unpaired) electrons. The monoisotopic (exact) mass is 529 g/mol. The van der Waals surface area contributed by atoms with Crippen LogP contribution >= 0.6 is 0 Å². The minimum atomic E-state index is -0.474. The van der Waals surface area contributed by atoms with Gasteiger partial charge in [0.25, 0.3) is 5.91 Å². The van der Waals surface area contributed by atoms with E-state index >= 15 is 0 Å². The Labute approximate surface area is 224 Å². The first-order valence-corrected chi connectivity index (χ1v) is 12.5. The van der Waals surface area contributed by atoms with E-state index in [0.717, 1.165) is 12.8 Å². The van der Waals surface area contributed by atoms with E-state index in [9.17, 15) is 14.0 Å². The van der Waals surface area contributed by atoms with E-state index in [-0.39, 0.29) is 35.8 Å². The van der Waals surface area contributed by atoms with Gasteiger partial charge in [0.2, 0.25) is 5.91 Å². The van der Waals surface area contributed by atoms with Crippen molar-refractivity contribution in [2.75, 3.05) is 25.9 Å². The van der Waals surface area contributed by atoms with Gasteiger partial charge in [-0.25, -0.2) is 19.0 Å². The molecule has 0 aliphatic carbocycles. The summed E-state index contributed by atoms with van der Waals surface area (Å²) < 4.78 is 21.9. The molecule has 0 saturated carbocycles. The molecule has 1 atom stereocenters. The molecular weight excluding hydrogens is 501 g/mol. The number of piperidine rings is 1. The SMILES string of the molecule is C=CC(=O)N1CCC[C@@H](n2nc(-c3ccc(F)c(CNC(=O)c4ccccc4OC)c3)c3c(N)ncnc32)C1. The van der Waals surface area contributed by atoms with Crippen LogP contribution in [0.4, 0.5) is 10.2 Å². The number of benzene rings is 2. The highest BCUT2D eigenvalue weighted by molar-refractivity contribution is 5.99. The molecule has 200 valence electrons. The number of hydrogen-bond acceptors (Lipinski definition) is 7. The number of carbonyl (C=O) groups excluding carboxylic acids is 2. The molecule has 2 amide bonds. The number of methoxy groups -OCH3 is 1. The van der Waals surface area contributed by atoms with E-state index in [1.54, 1.807) is 46.0 Å². The molecule has 1 fully saturated rings. The number of nitrogens with zero attached hydrogens (tertiary/aromatic N) is 5. The van der Waals surface area contributed by atoms with Gasteiger partial charge in [0.1, 0.15) is 29.4 Å². The van der Waals surface area contributed by atoms with Crippen LogP contribution in [0.2, 0.25) is 0 Å². The zero-order chi connectivity index (χ0) is 27.5. The van der Waals surface area contributed by atoms with Crippen molar-refractivity contribution < 1.29 is 18.7 Å². The molecule has 3 heterocycles. The summed E-state index contributed by atoms with van der Waals surface area (Å²) in [6.07, 6.45) is 4.28. The molecule has 1 aliphatic heterocycles. The molecule has 39 heavy (non-hydrogen) atoms. The quantitative estimate of drug-likeness (QED) is 0.351. The summed E-state index contributed by atoms with van der Waals surface area (Å²) in [5.74, 6) is -0.332. The average Bonchev–Trinajstić information content (AvgIpc) is 3.37. The summed E-state index contributed by atoms with van der Waals surface area (Å²) >= 11 is 0. The van der Waals surface area contributed by atoms with Crippen LogP contribution < -0.4 is 15.8 Å². The Hall–Kier alpha value is -4.80. The predicted molar refractivity (Wildman–Crippen MR) is 144 cm³/mol. The molecule has 3 N–H and O–H groups in total. The van der Waals surface area contributed by atoms with Crippen LogP contribution in [0.3, 0.4) is 0 Å². The fourth-order valence-corrected chi connectivity index (χ4v) is 4.90. The van der Waals surface area contributed by atoms with Crippen LogP contribution in [-0.4, -0.2) is 56.7 Å². The summed E-state index contributed by atoms with van der Waals surface area (Å²) in [7, 11) is 1.48. The summed E-state index contributed by atoms with van der Waals surface area (Å²) in [4.78, 5) is 35.3.